The number of halogens is 2. The van der Waals surface area contributed by atoms with Gasteiger partial charge in [0.15, 0.2) is 0 Å². The molecule has 5 unspecified atom stereocenters. The summed E-state index contributed by atoms with van der Waals surface area (Å²) >= 11 is 12.5. The fourth-order valence-corrected chi connectivity index (χ4v) is 4.37. The van der Waals surface area contributed by atoms with Gasteiger partial charge in [0.25, 0.3) is 0 Å². The molecule has 0 aromatic heterocycles. The minimum absolute atomic E-state index is 0.0229. The van der Waals surface area contributed by atoms with E-state index in [2.05, 4.69) is 12.2 Å². The fraction of sp³-hybridized carbons (Fsp3) is 0.462. The van der Waals surface area contributed by atoms with E-state index in [9.17, 15) is 4.79 Å². The van der Waals surface area contributed by atoms with Gasteiger partial charge < -0.3 is 5.11 Å². The molecule has 0 amide bonds. The van der Waals surface area contributed by atoms with Crippen LogP contribution in [-0.4, -0.2) is 11.1 Å². The topological polar surface area (TPSA) is 37.3 Å². The van der Waals surface area contributed by atoms with Crippen molar-refractivity contribution in [1.82, 2.24) is 0 Å². The molecule has 0 aromatic carbocycles. The number of carboxylic acids is 1. The van der Waals surface area contributed by atoms with Gasteiger partial charge in [0, 0.05) is 28.0 Å². The molecule has 17 heavy (non-hydrogen) atoms. The maximum atomic E-state index is 10.6. The van der Waals surface area contributed by atoms with Crippen molar-refractivity contribution in [1.29, 1.82) is 0 Å². The van der Waals surface area contributed by atoms with Crippen LogP contribution in [0.1, 0.15) is 6.42 Å². The molecule has 2 bridgehead atoms. The van der Waals surface area contributed by atoms with E-state index in [0.717, 1.165) is 11.5 Å². The summed E-state index contributed by atoms with van der Waals surface area (Å²) in [6, 6.07) is 0. The van der Waals surface area contributed by atoms with E-state index in [-0.39, 0.29) is 5.92 Å². The first-order chi connectivity index (χ1) is 8.09. The monoisotopic (exact) mass is 270 g/mol. The molecule has 3 aliphatic rings. The van der Waals surface area contributed by atoms with E-state index in [1.807, 2.05) is 0 Å². The van der Waals surface area contributed by atoms with Crippen LogP contribution in [0.2, 0.25) is 0 Å². The third-order valence-corrected chi connectivity index (χ3v) is 5.20. The van der Waals surface area contributed by atoms with Gasteiger partial charge in [0.05, 0.1) is 0 Å². The van der Waals surface area contributed by atoms with Gasteiger partial charge in [-0.15, -0.1) is 0 Å². The zero-order chi connectivity index (χ0) is 12.2. The molecule has 3 aliphatic carbocycles. The highest BCUT2D eigenvalue weighted by atomic mass is 35.5. The van der Waals surface area contributed by atoms with Gasteiger partial charge in [-0.05, 0) is 24.2 Å². The largest absolute Gasteiger partial charge is 0.478 e. The molecule has 3 rings (SSSR count). The number of rotatable bonds is 2. The number of aliphatic carboxylic acids is 1. The number of carboxylic acid groups (broad SMARTS) is 1. The van der Waals surface area contributed by atoms with Crippen LogP contribution in [0.5, 0.6) is 0 Å². The fourth-order valence-electron chi connectivity index (χ4n) is 3.59. The average Bonchev–Trinajstić information content (AvgIpc) is 2.92. The van der Waals surface area contributed by atoms with Gasteiger partial charge in [-0.3, -0.25) is 0 Å². The molecule has 0 aliphatic heterocycles. The molecule has 0 saturated heterocycles. The number of fused-ring (bicyclic) bond motifs is 5. The normalized spacial score (nSPS) is 42.8. The standard InChI is InChI=1S/C13H12Cl2O2/c14-12-8(3-4-9(16)17)10-6-1-2-7(5-6)11(10)13(12)15/h1-4,6-8,10-11H,5H2,(H,16,17). The second-order valence-electron chi connectivity index (χ2n) is 4.97. The Bertz CT molecular complexity index is 464. The summed E-state index contributed by atoms with van der Waals surface area (Å²) in [6.45, 7) is 0. The Morgan fingerprint density at radius 2 is 2.00 bits per heavy atom. The Labute approximate surface area is 110 Å². The summed E-state index contributed by atoms with van der Waals surface area (Å²) in [5, 5.41) is 10.1. The lowest BCUT2D eigenvalue weighted by Crippen LogP contribution is -2.20. The van der Waals surface area contributed by atoms with Gasteiger partial charge in [0.2, 0.25) is 0 Å². The van der Waals surface area contributed by atoms with Gasteiger partial charge in [-0.1, -0.05) is 41.4 Å². The van der Waals surface area contributed by atoms with Gasteiger partial charge in [-0.25, -0.2) is 4.79 Å². The Morgan fingerprint density at radius 1 is 1.29 bits per heavy atom. The lowest BCUT2D eigenvalue weighted by atomic mass is 9.80. The van der Waals surface area contributed by atoms with E-state index in [4.69, 9.17) is 28.3 Å². The Balaban J connectivity index is 1.94. The van der Waals surface area contributed by atoms with Crippen LogP contribution in [0.4, 0.5) is 0 Å². The number of hydrogen-bond acceptors (Lipinski definition) is 1. The Morgan fingerprint density at radius 3 is 2.71 bits per heavy atom. The molecule has 5 atom stereocenters. The van der Waals surface area contributed by atoms with Gasteiger partial charge >= 0.3 is 5.97 Å². The smallest absolute Gasteiger partial charge is 0.327 e. The molecule has 1 N–H and O–H groups in total. The van der Waals surface area contributed by atoms with E-state index >= 15 is 0 Å². The maximum Gasteiger partial charge on any atom is 0.327 e. The minimum Gasteiger partial charge on any atom is -0.478 e. The molecule has 0 aromatic rings. The summed E-state index contributed by atoms with van der Waals surface area (Å²) in [5.74, 6) is 0.703. The second kappa shape index (κ2) is 3.89. The molecule has 0 radical (unpaired) electrons. The third kappa shape index (κ3) is 1.58. The summed E-state index contributed by atoms with van der Waals surface area (Å²) in [5.41, 5.74) is 0. The number of carbonyl (C=O) groups is 1. The van der Waals surface area contributed by atoms with Crippen molar-refractivity contribution in [3.8, 4) is 0 Å². The molecule has 0 heterocycles. The SMILES string of the molecule is O=C(O)C=CC1C(Cl)=C(Cl)C2C3C=CC(C3)C12. The van der Waals surface area contributed by atoms with Crippen molar-refractivity contribution in [3.05, 3.63) is 34.4 Å². The molecular formula is C13H12Cl2O2. The second-order valence-corrected chi connectivity index (χ2v) is 5.78. The van der Waals surface area contributed by atoms with E-state index in [1.54, 1.807) is 6.08 Å². The summed E-state index contributed by atoms with van der Waals surface area (Å²) in [4.78, 5) is 10.6. The van der Waals surface area contributed by atoms with E-state index in [1.165, 1.54) is 6.08 Å². The first-order valence-corrected chi connectivity index (χ1v) is 6.49. The van der Waals surface area contributed by atoms with Crippen LogP contribution in [0.25, 0.3) is 0 Å². The Kier molecular flexibility index (Phi) is 2.60. The Hall–Kier alpha value is -0.730. The summed E-state index contributed by atoms with van der Waals surface area (Å²) in [6.07, 6.45) is 8.45. The first-order valence-electron chi connectivity index (χ1n) is 5.74. The van der Waals surface area contributed by atoms with Crippen molar-refractivity contribution in [2.75, 3.05) is 0 Å². The van der Waals surface area contributed by atoms with Gasteiger partial charge in [-0.2, -0.15) is 0 Å². The van der Waals surface area contributed by atoms with Crippen LogP contribution >= 0.6 is 23.2 Å². The van der Waals surface area contributed by atoms with Crippen LogP contribution < -0.4 is 0 Å². The van der Waals surface area contributed by atoms with Crippen molar-refractivity contribution in [2.45, 2.75) is 6.42 Å². The van der Waals surface area contributed by atoms with Crippen LogP contribution in [0, 0.1) is 29.6 Å². The molecule has 0 spiro atoms. The molecular weight excluding hydrogens is 259 g/mol. The highest BCUT2D eigenvalue weighted by molar-refractivity contribution is 6.40. The first kappa shape index (κ1) is 11.4. The zero-order valence-electron chi connectivity index (χ0n) is 9.01. The highest BCUT2D eigenvalue weighted by Crippen LogP contribution is 2.61. The molecule has 4 heteroatoms. The van der Waals surface area contributed by atoms with Crippen LogP contribution in [-0.2, 0) is 4.79 Å². The highest BCUT2D eigenvalue weighted by Gasteiger charge is 2.53. The van der Waals surface area contributed by atoms with Crippen molar-refractivity contribution < 1.29 is 9.90 Å². The van der Waals surface area contributed by atoms with Crippen molar-refractivity contribution >= 4 is 29.2 Å². The van der Waals surface area contributed by atoms with Crippen molar-refractivity contribution in [3.63, 3.8) is 0 Å². The van der Waals surface area contributed by atoms with E-state index in [0.29, 0.717) is 28.7 Å². The lowest BCUT2D eigenvalue weighted by molar-refractivity contribution is -0.131. The molecule has 1 fully saturated rings. The van der Waals surface area contributed by atoms with Crippen molar-refractivity contribution in [2.24, 2.45) is 29.6 Å². The number of allylic oxidation sites excluding steroid dienone is 5. The maximum absolute atomic E-state index is 10.6. The molecule has 2 nitrogen and oxygen atoms in total. The summed E-state index contributed by atoms with van der Waals surface area (Å²) in [7, 11) is 0. The van der Waals surface area contributed by atoms with E-state index < -0.39 is 5.97 Å². The zero-order valence-corrected chi connectivity index (χ0v) is 10.5. The summed E-state index contributed by atoms with van der Waals surface area (Å²) < 4.78 is 0. The average molecular weight is 271 g/mol. The quantitative estimate of drug-likeness (QED) is 0.617. The van der Waals surface area contributed by atoms with Gasteiger partial charge in [0.1, 0.15) is 0 Å². The lowest BCUT2D eigenvalue weighted by Gasteiger charge is -2.25. The molecule has 1 saturated carbocycles. The molecule has 90 valence electrons. The minimum atomic E-state index is -0.937. The van der Waals surface area contributed by atoms with Crippen LogP contribution in [0.15, 0.2) is 34.4 Å². The number of hydrogen-bond donors (Lipinski definition) is 1. The van der Waals surface area contributed by atoms with Crippen LogP contribution in [0.3, 0.4) is 0 Å². The predicted molar refractivity (Wildman–Crippen MR) is 66.7 cm³/mol. The predicted octanol–water partition coefficient (Wildman–Crippen LogP) is 3.38. The third-order valence-electron chi connectivity index (χ3n) is 4.19.